The Kier molecular flexibility index (Phi) is 3.10. The maximum absolute atomic E-state index is 12.5. The Morgan fingerprint density at radius 3 is 2.95 bits per heavy atom. The van der Waals surface area contributed by atoms with Gasteiger partial charge in [0.2, 0.25) is 5.91 Å². The van der Waals surface area contributed by atoms with Gasteiger partial charge in [0.15, 0.2) is 0 Å². The number of carboxylic acid groups (broad SMARTS) is 1. The van der Waals surface area contributed by atoms with E-state index in [4.69, 9.17) is 9.84 Å². The van der Waals surface area contributed by atoms with Crippen LogP contribution >= 0.6 is 11.8 Å². The fourth-order valence-corrected chi connectivity index (χ4v) is 3.59. The van der Waals surface area contributed by atoms with Crippen LogP contribution in [0.4, 0.5) is 0 Å². The van der Waals surface area contributed by atoms with Crippen molar-refractivity contribution < 1.29 is 19.4 Å². The van der Waals surface area contributed by atoms with Crippen LogP contribution < -0.4 is 4.74 Å². The molecule has 1 fully saturated rings. The van der Waals surface area contributed by atoms with Gasteiger partial charge in [-0.3, -0.25) is 4.79 Å². The molecule has 1 unspecified atom stereocenters. The lowest BCUT2D eigenvalue weighted by Crippen LogP contribution is -2.44. The SMILES string of the molecule is O=C(O)[C@@H]1CSCN1C(=O)C1COc2ccccc21. The molecule has 1 N–H and O–H groups in total. The molecule has 100 valence electrons. The number of carboxylic acids is 1. The first-order chi connectivity index (χ1) is 9.18. The van der Waals surface area contributed by atoms with E-state index in [2.05, 4.69) is 0 Å². The summed E-state index contributed by atoms with van der Waals surface area (Å²) in [6, 6.07) is 6.70. The van der Waals surface area contributed by atoms with Crippen molar-refractivity contribution in [3.8, 4) is 5.75 Å². The predicted molar refractivity (Wildman–Crippen MR) is 70.3 cm³/mol. The van der Waals surface area contributed by atoms with Gasteiger partial charge in [-0.1, -0.05) is 18.2 Å². The standard InChI is InChI=1S/C13H13NO4S/c15-12(14-7-19-6-10(14)13(16)17)9-5-18-11-4-2-1-3-8(9)11/h1-4,9-10H,5-7H2,(H,16,17)/t9?,10-/m0/s1. The molecule has 0 radical (unpaired) electrons. The van der Waals surface area contributed by atoms with Crippen molar-refractivity contribution in [2.24, 2.45) is 0 Å². The van der Waals surface area contributed by atoms with Crippen molar-refractivity contribution in [3.05, 3.63) is 29.8 Å². The molecule has 2 aliphatic heterocycles. The number of fused-ring (bicyclic) bond motifs is 1. The maximum Gasteiger partial charge on any atom is 0.327 e. The summed E-state index contributed by atoms with van der Waals surface area (Å²) >= 11 is 1.47. The molecular formula is C13H13NO4S. The third kappa shape index (κ3) is 2.06. The van der Waals surface area contributed by atoms with Crippen molar-refractivity contribution in [1.29, 1.82) is 0 Å². The minimum Gasteiger partial charge on any atom is -0.492 e. The number of rotatable bonds is 2. The third-order valence-corrected chi connectivity index (χ3v) is 4.46. The van der Waals surface area contributed by atoms with Gasteiger partial charge in [0, 0.05) is 11.3 Å². The van der Waals surface area contributed by atoms with Gasteiger partial charge in [-0.25, -0.2) is 4.79 Å². The van der Waals surface area contributed by atoms with E-state index in [0.717, 1.165) is 11.3 Å². The van der Waals surface area contributed by atoms with Gasteiger partial charge in [-0.2, -0.15) is 0 Å². The zero-order chi connectivity index (χ0) is 13.4. The van der Waals surface area contributed by atoms with E-state index in [1.807, 2.05) is 24.3 Å². The number of carbonyl (C=O) groups excluding carboxylic acids is 1. The molecule has 2 atom stereocenters. The molecule has 1 aromatic rings. The molecule has 0 aromatic heterocycles. The Balaban J connectivity index is 1.84. The Morgan fingerprint density at radius 2 is 2.16 bits per heavy atom. The van der Waals surface area contributed by atoms with Gasteiger partial charge in [0.25, 0.3) is 0 Å². The molecule has 0 saturated carbocycles. The summed E-state index contributed by atoms with van der Waals surface area (Å²) in [6.45, 7) is 0.297. The Labute approximate surface area is 114 Å². The summed E-state index contributed by atoms with van der Waals surface area (Å²) in [6.07, 6.45) is 0. The average Bonchev–Trinajstić information content (AvgIpc) is 3.05. The van der Waals surface area contributed by atoms with Crippen molar-refractivity contribution in [3.63, 3.8) is 0 Å². The number of amides is 1. The van der Waals surface area contributed by atoms with Gasteiger partial charge < -0.3 is 14.7 Å². The Hall–Kier alpha value is -1.69. The molecular weight excluding hydrogens is 266 g/mol. The van der Waals surface area contributed by atoms with Crippen LogP contribution in [0.1, 0.15) is 11.5 Å². The van der Waals surface area contributed by atoms with Crippen LogP contribution in [0.2, 0.25) is 0 Å². The fourth-order valence-electron chi connectivity index (χ4n) is 2.43. The van der Waals surface area contributed by atoms with Crippen LogP contribution in [0.25, 0.3) is 0 Å². The number of ether oxygens (including phenoxy) is 1. The number of hydrogen-bond acceptors (Lipinski definition) is 4. The highest BCUT2D eigenvalue weighted by molar-refractivity contribution is 7.99. The summed E-state index contributed by atoms with van der Waals surface area (Å²) in [5, 5.41) is 9.13. The second-order valence-corrected chi connectivity index (χ2v) is 5.56. The molecule has 0 spiro atoms. The van der Waals surface area contributed by atoms with E-state index in [1.165, 1.54) is 16.7 Å². The first-order valence-electron chi connectivity index (χ1n) is 6.01. The van der Waals surface area contributed by atoms with Gasteiger partial charge in [-0.15, -0.1) is 11.8 Å². The van der Waals surface area contributed by atoms with Crippen molar-refractivity contribution in [2.45, 2.75) is 12.0 Å². The molecule has 0 bridgehead atoms. The quantitative estimate of drug-likeness (QED) is 0.879. The van der Waals surface area contributed by atoms with Crippen LogP contribution in [-0.2, 0) is 9.59 Å². The highest BCUT2D eigenvalue weighted by Gasteiger charge is 2.40. The van der Waals surface area contributed by atoms with Crippen molar-refractivity contribution in [1.82, 2.24) is 4.90 Å². The van der Waals surface area contributed by atoms with Crippen LogP contribution in [0.5, 0.6) is 5.75 Å². The van der Waals surface area contributed by atoms with E-state index >= 15 is 0 Å². The monoisotopic (exact) mass is 279 g/mol. The second kappa shape index (κ2) is 4.77. The van der Waals surface area contributed by atoms with E-state index in [-0.39, 0.29) is 11.8 Å². The van der Waals surface area contributed by atoms with Crippen LogP contribution in [-0.4, -0.2) is 46.2 Å². The zero-order valence-corrected chi connectivity index (χ0v) is 10.9. The molecule has 1 saturated heterocycles. The van der Waals surface area contributed by atoms with Crippen molar-refractivity contribution in [2.75, 3.05) is 18.2 Å². The fraction of sp³-hybridized carbons (Fsp3) is 0.385. The normalized spacial score (nSPS) is 24.9. The minimum absolute atomic E-state index is 0.151. The Bertz CT molecular complexity index is 533. The van der Waals surface area contributed by atoms with Crippen LogP contribution in [0, 0.1) is 0 Å². The molecule has 19 heavy (non-hydrogen) atoms. The number of carbonyl (C=O) groups is 2. The smallest absolute Gasteiger partial charge is 0.327 e. The van der Waals surface area contributed by atoms with Crippen molar-refractivity contribution >= 4 is 23.6 Å². The van der Waals surface area contributed by atoms with Crippen LogP contribution in [0.3, 0.4) is 0 Å². The topological polar surface area (TPSA) is 66.8 Å². The summed E-state index contributed by atoms with van der Waals surface area (Å²) in [7, 11) is 0. The number of benzene rings is 1. The molecule has 1 amide bonds. The first-order valence-corrected chi connectivity index (χ1v) is 7.16. The maximum atomic E-state index is 12.5. The predicted octanol–water partition coefficient (Wildman–Crippen LogP) is 1.15. The number of hydrogen-bond donors (Lipinski definition) is 1. The van der Waals surface area contributed by atoms with Gasteiger partial charge >= 0.3 is 5.97 Å². The highest BCUT2D eigenvalue weighted by atomic mass is 32.2. The lowest BCUT2D eigenvalue weighted by atomic mass is 9.99. The molecule has 0 aliphatic carbocycles. The number of para-hydroxylation sites is 1. The Morgan fingerprint density at radius 1 is 1.37 bits per heavy atom. The lowest BCUT2D eigenvalue weighted by molar-refractivity contribution is -0.148. The summed E-state index contributed by atoms with van der Waals surface area (Å²) in [5.74, 6) is 0.148. The number of thioether (sulfide) groups is 1. The van der Waals surface area contributed by atoms with E-state index in [1.54, 1.807) is 0 Å². The molecule has 2 heterocycles. The van der Waals surface area contributed by atoms with E-state index in [9.17, 15) is 9.59 Å². The molecule has 3 rings (SSSR count). The molecule has 2 aliphatic rings. The van der Waals surface area contributed by atoms with Gasteiger partial charge in [-0.05, 0) is 6.07 Å². The average molecular weight is 279 g/mol. The van der Waals surface area contributed by atoms with Gasteiger partial charge in [0.05, 0.1) is 5.88 Å². The summed E-state index contributed by atoms with van der Waals surface area (Å²) < 4.78 is 5.49. The summed E-state index contributed by atoms with van der Waals surface area (Å²) in [4.78, 5) is 25.1. The first kappa shape index (κ1) is 12.3. The molecule has 1 aromatic carbocycles. The van der Waals surface area contributed by atoms with Crippen LogP contribution in [0.15, 0.2) is 24.3 Å². The highest BCUT2D eigenvalue weighted by Crippen LogP contribution is 2.36. The third-order valence-electron chi connectivity index (χ3n) is 3.45. The zero-order valence-electron chi connectivity index (χ0n) is 10.1. The molecule has 6 heteroatoms. The van der Waals surface area contributed by atoms with E-state index < -0.39 is 12.0 Å². The lowest BCUT2D eigenvalue weighted by Gasteiger charge is -2.23. The molecule has 5 nitrogen and oxygen atoms in total. The number of aliphatic carboxylic acids is 1. The summed E-state index contributed by atoms with van der Waals surface area (Å²) in [5.41, 5.74) is 0.855. The number of nitrogens with zero attached hydrogens (tertiary/aromatic N) is 1. The minimum atomic E-state index is -0.939. The largest absolute Gasteiger partial charge is 0.492 e. The van der Waals surface area contributed by atoms with Gasteiger partial charge in [0.1, 0.15) is 24.3 Å². The second-order valence-electron chi connectivity index (χ2n) is 4.56. The van der Waals surface area contributed by atoms with E-state index in [0.29, 0.717) is 18.2 Å².